The number of nitrogens with two attached hydrogens (primary N) is 1. The summed E-state index contributed by atoms with van der Waals surface area (Å²) in [6.45, 7) is 5.79. The van der Waals surface area contributed by atoms with Gasteiger partial charge in [-0.15, -0.1) is 0 Å². The van der Waals surface area contributed by atoms with E-state index in [1.165, 1.54) is 13.2 Å². The van der Waals surface area contributed by atoms with Crippen molar-refractivity contribution in [2.45, 2.75) is 45.8 Å². The maximum absolute atomic E-state index is 14.0. The number of rotatable bonds is 11. The number of carbonyl (C=O) groups is 3. The van der Waals surface area contributed by atoms with Gasteiger partial charge in [0.05, 0.1) is 12.8 Å². The molecule has 3 aromatic carbocycles. The van der Waals surface area contributed by atoms with Crippen LogP contribution in [0.25, 0.3) is 11.3 Å². The van der Waals surface area contributed by atoms with E-state index in [4.69, 9.17) is 15.5 Å². The van der Waals surface area contributed by atoms with Crippen LogP contribution in [0.2, 0.25) is 0 Å². The third-order valence-electron chi connectivity index (χ3n) is 7.38. The van der Waals surface area contributed by atoms with E-state index in [-0.39, 0.29) is 34.8 Å². The van der Waals surface area contributed by atoms with Gasteiger partial charge in [0, 0.05) is 11.8 Å². The first kappa shape index (κ1) is 30.8. The Balaban J connectivity index is 1.68. The van der Waals surface area contributed by atoms with Crippen molar-refractivity contribution in [1.82, 2.24) is 14.9 Å². The predicted octanol–water partition coefficient (Wildman–Crippen LogP) is 3.83. The van der Waals surface area contributed by atoms with E-state index in [1.807, 2.05) is 63.2 Å². The first-order valence-electron chi connectivity index (χ1n) is 13.5. The zero-order valence-electron chi connectivity index (χ0n) is 24.0. The van der Waals surface area contributed by atoms with Gasteiger partial charge in [0.1, 0.15) is 11.3 Å². The molecular weight excluding hydrogens is 595 g/mol. The van der Waals surface area contributed by atoms with Crippen molar-refractivity contribution in [1.29, 1.82) is 0 Å². The van der Waals surface area contributed by atoms with Crippen molar-refractivity contribution < 1.29 is 24.2 Å². The summed E-state index contributed by atoms with van der Waals surface area (Å²) < 4.78 is 5.25. The van der Waals surface area contributed by atoms with Gasteiger partial charge in [-0.05, 0) is 6.07 Å². The van der Waals surface area contributed by atoms with Crippen LogP contribution in [0.5, 0.6) is 5.75 Å². The van der Waals surface area contributed by atoms with Crippen molar-refractivity contribution >= 4 is 33.3 Å². The number of carboxylic acid groups (broad SMARTS) is 1. The molecule has 0 spiro atoms. The SMILES string of the molecule is COc1ccc(CN(C(=O)[C@@H](N)Cc2c(C)cc(C(=O)[AsH2])cc2C)[C@@H](C)c2nc(-c3ccccc3)c[nH]2)cc1C(=O)O. The minimum atomic E-state index is -1.13. The van der Waals surface area contributed by atoms with E-state index in [9.17, 15) is 19.5 Å². The number of amides is 1. The first-order valence-corrected chi connectivity index (χ1v) is 14.7. The van der Waals surface area contributed by atoms with Crippen molar-refractivity contribution in [3.63, 3.8) is 0 Å². The molecule has 0 aliphatic carbocycles. The Morgan fingerprint density at radius 1 is 1.07 bits per heavy atom. The quantitative estimate of drug-likeness (QED) is 0.214. The number of hydrogen-bond acceptors (Lipinski definition) is 6. The average Bonchev–Trinajstić information content (AvgIpc) is 3.47. The van der Waals surface area contributed by atoms with Crippen LogP contribution >= 0.6 is 0 Å². The van der Waals surface area contributed by atoms with Crippen LogP contribution in [0.15, 0.2) is 66.9 Å². The van der Waals surface area contributed by atoms with E-state index in [2.05, 4.69) is 4.98 Å². The fraction of sp³-hybridized carbons (Fsp3) is 0.250. The molecule has 218 valence electrons. The first-order chi connectivity index (χ1) is 20.0. The van der Waals surface area contributed by atoms with Crippen LogP contribution in [0, 0.1) is 13.8 Å². The van der Waals surface area contributed by atoms with Crippen LogP contribution in [0.1, 0.15) is 61.8 Å². The van der Waals surface area contributed by atoms with Crippen LogP contribution in [0.3, 0.4) is 0 Å². The van der Waals surface area contributed by atoms with E-state index < -0.39 is 18.1 Å². The normalized spacial score (nSPS) is 12.4. The molecule has 4 aromatic rings. The molecule has 0 radical (unpaired) electrons. The standard InChI is InChI=1S/C32H35AsN4O5/c1-18-12-23(29(33)38)13-19(2)24(18)15-26(34)31(39)37(17-21-10-11-28(42-4)25(14-21)32(40)41)20(3)30-35-16-27(36-30)22-8-6-5-7-9-22/h5-14,16,20,26H,15,17,33-34H2,1-4H3,(H,35,36)(H,40,41)/t20-,26-/m0/s1. The van der Waals surface area contributed by atoms with Crippen molar-refractivity contribution in [3.05, 3.63) is 106 Å². The molecule has 1 heterocycles. The number of hydrogen-bond donors (Lipinski definition) is 3. The Hall–Kier alpha value is -4.20. The Kier molecular flexibility index (Phi) is 9.66. The molecule has 0 saturated heterocycles. The number of H-pyrrole nitrogens is 1. The summed E-state index contributed by atoms with van der Waals surface area (Å²) in [5.41, 5.74) is 12.2. The summed E-state index contributed by atoms with van der Waals surface area (Å²) >= 11 is 1.03. The smallest absolute Gasteiger partial charge is 0.478 e. The van der Waals surface area contributed by atoms with Gasteiger partial charge in [0.25, 0.3) is 0 Å². The van der Waals surface area contributed by atoms with Crippen LogP contribution in [0.4, 0.5) is 0 Å². The third-order valence-corrected chi connectivity index (χ3v) is 8.08. The van der Waals surface area contributed by atoms with Gasteiger partial charge in [-0.1, -0.05) is 30.3 Å². The summed E-state index contributed by atoms with van der Waals surface area (Å²) in [5.74, 6) is -0.642. The Bertz CT molecular complexity index is 1600. The monoisotopic (exact) mass is 630 g/mol. The number of methoxy groups -OCH3 is 1. The van der Waals surface area contributed by atoms with Crippen LogP contribution in [-0.4, -0.2) is 66.4 Å². The molecule has 0 aliphatic heterocycles. The molecule has 1 unspecified atom stereocenters. The fourth-order valence-corrected chi connectivity index (χ4v) is 5.41. The topological polar surface area (TPSA) is 139 Å². The molecule has 0 bridgehead atoms. The second-order valence-corrected chi connectivity index (χ2v) is 11.4. The molecule has 1 amide bonds. The Morgan fingerprint density at radius 3 is 2.33 bits per heavy atom. The molecule has 0 fully saturated rings. The molecule has 9 nitrogen and oxygen atoms in total. The summed E-state index contributed by atoms with van der Waals surface area (Å²) in [4.78, 5) is 47.5. The van der Waals surface area contributed by atoms with E-state index in [0.29, 0.717) is 17.0 Å². The van der Waals surface area contributed by atoms with Gasteiger partial charge in [0.2, 0.25) is 0 Å². The number of nitrogens with one attached hydrogen (secondary N) is 1. The molecule has 42 heavy (non-hydrogen) atoms. The molecule has 0 saturated carbocycles. The number of carbonyl (C=O) groups excluding carboxylic acids is 2. The van der Waals surface area contributed by atoms with Crippen molar-refractivity contribution in [3.8, 4) is 17.0 Å². The molecule has 10 heteroatoms. The summed E-state index contributed by atoms with van der Waals surface area (Å²) in [6, 6.07) is 16.8. The Morgan fingerprint density at radius 2 is 1.74 bits per heavy atom. The number of carboxylic acids is 1. The number of aromatic carboxylic acids is 1. The van der Waals surface area contributed by atoms with Gasteiger partial charge < -0.3 is 9.84 Å². The molecule has 0 aliphatic rings. The molecule has 1 aromatic heterocycles. The van der Waals surface area contributed by atoms with Crippen molar-refractivity contribution in [2.75, 3.05) is 7.11 Å². The molecule has 3 atom stereocenters. The molecule has 4 rings (SSSR count). The average molecular weight is 631 g/mol. The van der Waals surface area contributed by atoms with Crippen LogP contribution < -0.4 is 10.5 Å². The second-order valence-electron chi connectivity index (χ2n) is 10.3. The maximum atomic E-state index is 14.0. The predicted molar refractivity (Wildman–Crippen MR) is 163 cm³/mol. The Labute approximate surface area is 253 Å². The fourth-order valence-electron chi connectivity index (χ4n) is 5.06. The molecular formula is C32H35AsN4O5. The van der Waals surface area contributed by atoms with Gasteiger partial charge >= 0.3 is 167 Å². The van der Waals surface area contributed by atoms with E-state index in [0.717, 1.165) is 44.8 Å². The summed E-state index contributed by atoms with van der Waals surface area (Å²) in [5, 5.41) is 9.71. The number of aryl methyl sites for hydroxylation is 2. The minimum absolute atomic E-state index is 0.00176. The number of ether oxygens (including phenoxy) is 1. The number of aromatic nitrogens is 2. The van der Waals surface area contributed by atoms with Gasteiger partial charge in [0.15, 0.2) is 0 Å². The van der Waals surface area contributed by atoms with E-state index >= 15 is 0 Å². The zero-order valence-corrected chi connectivity index (χ0v) is 26.5. The second kappa shape index (κ2) is 13.2. The number of imidazole rings is 1. The van der Waals surface area contributed by atoms with Gasteiger partial charge in [-0.25, -0.2) is 4.79 Å². The van der Waals surface area contributed by atoms with Gasteiger partial charge in [-0.3, -0.25) is 0 Å². The zero-order chi connectivity index (χ0) is 30.6. The minimum Gasteiger partial charge on any atom is -0.478 e. The number of nitrogens with zero attached hydrogens (tertiary/aromatic N) is 2. The summed E-state index contributed by atoms with van der Waals surface area (Å²) in [6.07, 6.45) is 2.07. The number of benzene rings is 3. The third kappa shape index (κ3) is 6.81. The van der Waals surface area contributed by atoms with Crippen LogP contribution in [-0.2, 0) is 17.8 Å². The summed E-state index contributed by atoms with van der Waals surface area (Å²) in [7, 11) is 1.41. The van der Waals surface area contributed by atoms with Gasteiger partial charge in [-0.2, -0.15) is 0 Å². The number of aromatic amines is 1. The van der Waals surface area contributed by atoms with E-state index in [1.54, 1.807) is 23.2 Å². The van der Waals surface area contributed by atoms with Crippen molar-refractivity contribution in [2.24, 2.45) is 5.73 Å². The molecule has 4 N–H and O–H groups in total.